The van der Waals surface area contributed by atoms with Crippen molar-refractivity contribution in [3.8, 4) is 0 Å². The summed E-state index contributed by atoms with van der Waals surface area (Å²) in [6.45, 7) is 0. The molecule has 15 heavy (non-hydrogen) atoms. The van der Waals surface area contributed by atoms with Gasteiger partial charge in [-0.2, -0.15) is 0 Å². The molecule has 0 saturated heterocycles. The van der Waals surface area contributed by atoms with Gasteiger partial charge in [-0.15, -0.1) is 0 Å². The molecule has 4 N–H and O–H groups in total. The van der Waals surface area contributed by atoms with Crippen LogP contribution >= 0.6 is 0 Å². The van der Waals surface area contributed by atoms with Crippen molar-refractivity contribution in [3.63, 3.8) is 0 Å². The lowest BCUT2D eigenvalue weighted by Gasteiger charge is -2.01. The third-order valence-corrected chi connectivity index (χ3v) is 1.53. The van der Waals surface area contributed by atoms with Crippen LogP contribution in [0.5, 0.6) is 0 Å². The van der Waals surface area contributed by atoms with Gasteiger partial charge in [0.05, 0.1) is 0 Å². The molecular formula is C10H10N2O3. The molecule has 0 heterocycles. The molecule has 0 aliphatic heterocycles. The number of nitrogens with two attached hydrogens (primary N) is 1. The molecule has 0 aliphatic carbocycles. The van der Waals surface area contributed by atoms with Crippen LogP contribution in [0.15, 0.2) is 36.4 Å². The summed E-state index contributed by atoms with van der Waals surface area (Å²) in [4.78, 5) is 21.2. The van der Waals surface area contributed by atoms with Gasteiger partial charge in [0, 0.05) is 23.5 Å². The maximum absolute atomic E-state index is 11.1. The first-order chi connectivity index (χ1) is 7.08. The summed E-state index contributed by atoms with van der Waals surface area (Å²) >= 11 is 0. The second kappa shape index (κ2) is 4.80. The molecule has 78 valence electrons. The van der Waals surface area contributed by atoms with E-state index in [0.29, 0.717) is 11.4 Å². The van der Waals surface area contributed by atoms with E-state index in [1.54, 1.807) is 24.3 Å². The predicted molar refractivity (Wildman–Crippen MR) is 56.3 cm³/mol. The Morgan fingerprint density at radius 3 is 2.67 bits per heavy atom. The fraction of sp³-hybridized carbons (Fsp3) is 0. The molecule has 1 rings (SSSR count). The summed E-state index contributed by atoms with van der Waals surface area (Å²) in [5.74, 6) is -1.68. The normalized spacial score (nSPS) is 10.1. The molecule has 0 saturated carbocycles. The van der Waals surface area contributed by atoms with Gasteiger partial charge in [0.25, 0.3) is 0 Å². The molecule has 5 heteroatoms. The molecular weight excluding hydrogens is 196 g/mol. The van der Waals surface area contributed by atoms with Crippen molar-refractivity contribution in [3.05, 3.63) is 36.4 Å². The van der Waals surface area contributed by atoms with E-state index in [1.807, 2.05) is 0 Å². The number of benzene rings is 1. The lowest BCUT2D eigenvalue weighted by molar-refractivity contribution is -0.131. The number of aliphatic carboxylic acids is 1. The molecule has 5 nitrogen and oxygen atoms in total. The van der Waals surface area contributed by atoms with Crippen molar-refractivity contribution in [1.82, 2.24) is 0 Å². The molecule has 0 atom stereocenters. The topological polar surface area (TPSA) is 92.4 Å². The van der Waals surface area contributed by atoms with Gasteiger partial charge < -0.3 is 16.2 Å². The number of anilines is 2. The fourth-order valence-corrected chi connectivity index (χ4v) is 0.947. The highest BCUT2D eigenvalue weighted by atomic mass is 16.4. The van der Waals surface area contributed by atoms with Gasteiger partial charge in [-0.05, 0) is 18.2 Å². The summed E-state index contributed by atoms with van der Waals surface area (Å²) in [6, 6.07) is 6.60. The van der Waals surface area contributed by atoms with Gasteiger partial charge in [0.15, 0.2) is 0 Å². The summed E-state index contributed by atoms with van der Waals surface area (Å²) in [6.07, 6.45) is 1.70. The first-order valence-electron chi connectivity index (χ1n) is 4.15. The number of carboxylic acid groups (broad SMARTS) is 1. The smallest absolute Gasteiger partial charge is 0.328 e. The van der Waals surface area contributed by atoms with Crippen LogP contribution in [0.2, 0.25) is 0 Å². The van der Waals surface area contributed by atoms with E-state index in [1.165, 1.54) is 0 Å². The third kappa shape index (κ3) is 3.95. The summed E-state index contributed by atoms with van der Waals surface area (Å²) in [5, 5.41) is 10.8. The average molecular weight is 206 g/mol. The zero-order chi connectivity index (χ0) is 11.3. The van der Waals surface area contributed by atoms with Crippen molar-refractivity contribution in [1.29, 1.82) is 0 Å². The Hall–Kier alpha value is -2.30. The number of hydrogen-bond acceptors (Lipinski definition) is 3. The Morgan fingerprint density at radius 1 is 1.33 bits per heavy atom. The number of rotatable bonds is 3. The summed E-state index contributed by atoms with van der Waals surface area (Å²) < 4.78 is 0. The third-order valence-electron chi connectivity index (χ3n) is 1.53. The van der Waals surface area contributed by atoms with Crippen LogP contribution in [0.3, 0.4) is 0 Å². The Balaban J connectivity index is 2.63. The van der Waals surface area contributed by atoms with E-state index < -0.39 is 11.9 Å². The van der Waals surface area contributed by atoms with Crippen molar-refractivity contribution in [2.75, 3.05) is 11.1 Å². The monoisotopic (exact) mass is 206 g/mol. The molecule has 1 aromatic carbocycles. The molecule has 1 amide bonds. The van der Waals surface area contributed by atoms with Crippen LogP contribution < -0.4 is 11.1 Å². The molecule has 0 fully saturated rings. The largest absolute Gasteiger partial charge is 0.478 e. The van der Waals surface area contributed by atoms with E-state index in [0.717, 1.165) is 12.2 Å². The minimum atomic E-state index is -1.17. The van der Waals surface area contributed by atoms with Crippen molar-refractivity contribution in [2.24, 2.45) is 0 Å². The zero-order valence-corrected chi connectivity index (χ0v) is 7.81. The van der Waals surface area contributed by atoms with Crippen LogP contribution in [-0.2, 0) is 9.59 Å². The average Bonchev–Trinajstić information content (AvgIpc) is 2.15. The van der Waals surface area contributed by atoms with Gasteiger partial charge in [-0.1, -0.05) is 6.07 Å². The van der Waals surface area contributed by atoms with E-state index in [2.05, 4.69) is 5.32 Å². The standard InChI is InChI=1S/C10H10N2O3/c11-7-2-1-3-8(6-7)12-9(13)4-5-10(14)15/h1-6H,11H2,(H,12,13)(H,14,15)/b5-4-. The number of carboxylic acids is 1. The Kier molecular flexibility index (Phi) is 3.45. The van der Waals surface area contributed by atoms with Gasteiger partial charge in [0.1, 0.15) is 0 Å². The molecule has 0 aliphatic rings. The highest BCUT2D eigenvalue weighted by Crippen LogP contribution is 2.11. The van der Waals surface area contributed by atoms with Crippen LogP contribution in [0, 0.1) is 0 Å². The highest BCUT2D eigenvalue weighted by molar-refractivity contribution is 6.02. The molecule has 0 spiro atoms. The summed E-state index contributed by atoms with van der Waals surface area (Å²) in [7, 11) is 0. The van der Waals surface area contributed by atoms with Gasteiger partial charge in [0.2, 0.25) is 5.91 Å². The van der Waals surface area contributed by atoms with E-state index >= 15 is 0 Å². The second-order valence-electron chi connectivity index (χ2n) is 2.79. The lowest BCUT2D eigenvalue weighted by Crippen LogP contribution is -2.08. The molecule has 0 radical (unpaired) electrons. The Morgan fingerprint density at radius 2 is 2.07 bits per heavy atom. The fourth-order valence-electron chi connectivity index (χ4n) is 0.947. The number of carbonyl (C=O) groups is 2. The minimum absolute atomic E-state index is 0.511. The second-order valence-corrected chi connectivity index (χ2v) is 2.79. The number of nitrogen functional groups attached to an aromatic ring is 1. The number of hydrogen-bond donors (Lipinski definition) is 3. The molecule has 0 bridgehead atoms. The van der Waals surface area contributed by atoms with Crippen LogP contribution in [0.25, 0.3) is 0 Å². The highest BCUT2D eigenvalue weighted by Gasteiger charge is 1.98. The molecule has 1 aromatic rings. The number of nitrogens with one attached hydrogen (secondary N) is 1. The molecule has 0 unspecified atom stereocenters. The van der Waals surface area contributed by atoms with Crippen molar-refractivity contribution in [2.45, 2.75) is 0 Å². The molecule has 0 aromatic heterocycles. The van der Waals surface area contributed by atoms with E-state index in [4.69, 9.17) is 10.8 Å². The Bertz CT molecular complexity index is 413. The predicted octanol–water partition coefficient (Wildman–Crippen LogP) is 0.848. The quantitative estimate of drug-likeness (QED) is 0.505. The van der Waals surface area contributed by atoms with E-state index in [9.17, 15) is 9.59 Å². The maximum Gasteiger partial charge on any atom is 0.328 e. The lowest BCUT2D eigenvalue weighted by atomic mass is 10.3. The first kappa shape index (κ1) is 10.8. The van der Waals surface area contributed by atoms with E-state index in [-0.39, 0.29) is 0 Å². The van der Waals surface area contributed by atoms with Crippen LogP contribution in [-0.4, -0.2) is 17.0 Å². The minimum Gasteiger partial charge on any atom is -0.478 e. The number of carbonyl (C=O) groups excluding carboxylic acids is 1. The van der Waals surface area contributed by atoms with Gasteiger partial charge >= 0.3 is 5.97 Å². The number of amides is 1. The van der Waals surface area contributed by atoms with Gasteiger partial charge in [-0.3, -0.25) is 4.79 Å². The van der Waals surface area contributed by atoms with Crippen LogP contribution in [0.4, 0.5) is 11.4 Å². The summed E-state index contributed by atoms with van der Waals surface area (Å²) in [5.41, 5.74) is 6.54. The Labute approximate surface area is 86.2 Å². The van der Waals surface area contributed by atoms with Gasteiger partial charge in [-0.25, -0.2) is 4.79 Å². The van der Waals surface area contributed by atoms with Crippen LogP contribution in [0.1, 0.15) is 0 Å². The van der Waals surface area contributed by atoms with Crippen molar-refractivity contribution >= 4 is 23.3 Å². The maximum atomic E-state index is 11.1. The zero-order valence-electron chi connectivity index (χ0n) is 7.81. The van der Waals surface area contributed by atoms with Crippen molar-refractivity contribution < 1.29 is 14.7 Å². The first-order valence-corrected chi connectivity index (χ1v) is 4.15. The SMILES string of the molecule is Nc1cccc(NC(=O)/C=C\C(=O)O)c1.